The number of carbonyl (C=O) groups excluding carboxylic acids is 1. The Bertz CT molecular complexity index is 1060. The Morgan fingerprint density at radius 3 is 2.39 bits per heavy atom. The van der Waals surface area contributed by atoms with Crippen LogP contribution in [0.5, 0.6) is 0 Å². The van der Waals surface area contributed by atoms with E-state index in [1.54, 1.807) is 6.92 Å². The van der Waals surface area contributed by atoms with Crippen molar-refractivity contribution in [1.29, 1.82) is 0 Å². The van der Waals surface area contributed by atoms with E-state index in [1.807, 2.05) is 0 Å². The number of para-hydroxylation sites is 1. The predicted molar refractivity (Wildman–Crippen MR) is 97.4 cm³/mol. The van der Waals surface area contributed by atoms with Gasteiger partial charge < -0.3 is 5.32 Å². The molecule has 0 radical (unpaired) electrons. The molecule has 0 aliphatic heterocycles. The summed E-state index contributed by atoms with van der Waals surface area (Å²) in [4.78, 5) is 37.2. The van der Waals surface area contributed by atoms with Crippen molar-refractivity contribution in [2.24, 2.45) is 0 Å². The van der Waals surface area contributed by atoms with Gasteiger partial charge in [-0.1, -0.05) is 12.1 Å². The highest BCUT2D eigenvalue weighted by Gasteiger charge is 2.19. The van der Waals surface area contributed by atoms with Crippen LogP contribution in [0.25, 0.3) is 11.4 Å². The molecule has 0 aliphatic rings. The first-order valence-corrected chi connectivity index (χ1v) is 8.04. The third kappa shape index (κ3) is 3.82. The summed E-state index contributed by atoms with van der Waals surface area (Å²) in [5, 5.41) is 28.6. The molecule has 0 atom stereocenters. The van der Waals surface area contributed by atoms with E-state index in [-0.39, 0.29) is 23.6 Å². The standard InChI is InChI=1S/C17H14N6O5/c1-11-19-16(12-6-8-13(9-7-12)22(25)26)20-21(11)10-18-17(24)14-4-2-3-5-15(14)23(27)28/h2-9H,10H2,1H3,(H,18,24). The summed E-state index contributed by atoms with van der Waals surface area (Å²) in [6.45, 7) is 1.63. The number of aryl methyl sites for hydroxylation is 1. The summed E-state index contributed by atoms with van der Waals surface area (Å²) in [6, 6.07) is 11.4. The second-order valence-corrected chi connectivity index (χ2v) is 5.72. The van der Waals surface area contributed by atoms with Crippen molar-refractivity contribution in [2.45, 2.75) is 13.6 Å². The van der Waals surface area contributed by atoms with Crippen LogP contribution in [0.1, 0.15) is 16.2 Å². The molecule has 11 heteroatoms. The summed E-state index contributed by atoms with van der Waals surface area (Å²) in [6.07, 6.45) is 0. The van der Waals surface area contributed by atoms with E-state index in [4.69, 9.17) is 0 Å². The second kappa shape index (κ2) is 7.61. The molecule has 0 aliphatic carbocycles. The van der Waals surface area contributed by atoms with Gasteiger partial charge in [0, 0.05) is 23.8 Å². The van der Waals surface area contributed by atoms with Crippen LogP contribution in [0.4, 0.5) is 11.4 Å². The molecule has 1 amide bonds. The molecular weight excluding hydrogens is 368 g/mol. The molecule has 1 aromatic heterocycles. The van der Waals surface area contributed by atoms with Gasteiger partial charge in [0.15, 0.2) is 5.82 Å². The highest BCUT2D eigenvalue weighted by Crippen LogP contribution is 2.20. The van der Waals surface area contributed by atoms with E-state index in [1.165, 1.54) is 53.2 Å². The zero-order valence-corrected chi connectivity index (χ0v) is 14.6. The quantitative estimate of drug-likeness (QED) is 0.509. The zero-order valence-electron chi connectivity index (χ0n) is 14.6. The van der Waals surface area contributed by atoms with Crippen LogP contribution in [0.2, 0.25) is 0 Å². The van der Waals surface area contributed by atoms with Gasteiger partial charge in [0.2, 0.25) is 0 Å². The Hall–Kier alpha value is -4.15. The molecule has 1 N–H and O–H groups in total. The number of benzene rings is 2. The van der Waals surface area contributed by atoms with E-state index in [2.05, 4.69) is 15.4 Å². The van der Waals surface area contributed by atoms with Gasteiger partial charge in [-0.05, 0) is 25.1 Å². The largest absolute Gasteiger partial charge is 0.332 e. The molecule has 1 heterocycles. The molecule has 0 spiro atoms. The number of nitro benzene ring substituents is 2. The number of rotatable bonds is 6. The van der Waals surface area contributed by atoms with Crippen LogP contribution in [-0.2, 0) is 6.67 Å². The Balaban J connectivity index is 1.75. The third-order valence-electron chi connectivity index (χ3n) is 3.93. The number of nitrogens with one attached hydrogen (secondary N) is 1. The van der Waals surface area contributed by atoms with E-state index >= 15 is 0 Å². The normalized spacial score (nSPS) is 10.5. The maximum atomic E-state index is 12.3. The van der Waals surface area contributed by atoms with Crippen LogP contribution < -0.4 is 5.32 Å². The van der Waals surface area contributed by atoms with Crippen molar-refractivity contribution < 1.29 is 14.6 Å². The molecule has 0 unspecified atom stereocenters. The van der Waals surface area contributed by atoms with Gasteiger partial charge in [-0.3, -0.25) is 25.0 Å². The Morgan fingerprint density at radius 1 is 1.07 bits per heavy atom. The van der Waals surface area contributed by atoms with Crippen molar-refractivity contribution in [3.05, 3.63) is 80.1 Å². The van der Waals surface area contributed by atoms with E-state index in [9.17, 15) is 25.0 Å². The van der Waals surface area contributed by atoms with Crippen molar-refractivity contribution in [2.75, 3.05) is 0 Å². The van der Waals surface area contributed by atoms with Crippen LogP contribution in [0.15, 0.2) is 48.5 Å². The second-order valence-electron chi connectivity index (χ2n) is 5.72. The van der Waals surface area contributed by atoms with Gasteiger partial charge in [0.1, 0.15) is 18.1 Å². The summed E-state index contributed by atoms with van der Waals surface area (Å²) >= 11 is 0. The molecule has 0 saturated carbocycles. The smallest absolute Gasteiger partial charge is 0.282 e. The van der Waals surface area contributed by atoms with E-state index in [0.29, 0.717) is 17.2 Å². The van der Waals surface area contributed by atoms with Crippen molar-refractivity contribution in [3.8, 4) is 11.4 Å². The number of non-ortho nitro benzene ring substituents is 1. The molecular formula is C17H14N6O5. The molecule has 11 nitrogen and oxygen atoms in total. The van der Waals surface area contributed by atoms with Gasteiger partial charge in [-0.15, -0.1) is 5.10 Å². The van der Waals surface area contributed by atoms with Gasteiger partial charge in [0.25, 0.3) is 17.3 Å². The van der Waals surface area contributed by atoms with Crippen molar-refractivity contribution in [3.63, 3.8) is 0 Å². The third-order valence-corrected chi connectivity index (χ3v) is 3.93. The summed E-state index contributed by atoms with van der Waals surface area (Å²) in [5.41, 5.74) is 0.192. The lowest BCUT2D eigenvalue weighted by Crippen LogP contribution is -2.27. The van der Waals surface area contributed by atoms with Crippen molar-refractivity contribution >= 4 is 17.3 Å². The highest BCUT2D eigenvalue weighted by atomic mass is 16.6. The molecule has 2 aromatic carbocycles. The average Bonchev–Trinajstić information content (AvgIpc) is 3.06. The maximum absolute atomic E-state index is 12.3. The minimum absolute atomic E-state index is 0.0448. The first-order chi connectivity index (χ1) is 13.4. The van der Waals surface area contributed by atoms with E-state index in [0.717, 1.165) is 0 Å². The summed E-state index contributed by atoms with van der Waals surface area (Å²) < 4.78 is 1.42. The number of hydrogen-bond acceptors (Lipinski definition) is 7. The maximum Gasteiger partial charge on any atom is 0.282 e. The molecule has 0 saturated heterocycles. The van der Waals surface area contributed by atoms with Gasteiger partial charge in [-0.2, -0.15) is 0 Å². The van der Waals surface area contributed by atoms with Gasteiger partial charge in [0.05, 0.1) is 9.85 Å². The lowest BCUT2D eigenvalue weighted by molar-refractivity contribution is -0.385. The number of hydrogen-bond donors (Lipinski definition) is 1. The molecule has 142 valence electrons. The van der Waals surface area contributed by atoms with Crippen LogP contribution in [0.3, 0.4) is 0 Å². The molecule has 0 bridgehead atoms. The average molecular weight is 382 g/mol. The summed E-state index contributed by atoms with van der Waals surface area (Å²) in [7, 11) is 0. The molecule has 0 fully saturated rings. The fraction of sp³-hybridized carbons (Fsp3) is 0.118. The predicted octanol–water partition coefficient (Wildman–Crippen LogP) is 2.46. The van der Waals surface area contributed by atoms with Crippen molar-refractivity contribution in [1.82, 2.24) is 20.1 Å². The van der Waals surface area contributed by atoms with Crippen LogP contribution >= 0.6 is 0 Å². The lowest BCUT2D eigenvalue weighted by atomic mass is 10.1. The van der Waals surface area contributed by atoms with Gasteiger partial charge in [-0.25, -0.2) is 9.67 Å². The number of amides is 1. The Morgan fingerprint density at radius 2 is 1.75 bits per heavy atom. The Kier molecular flexibility index (Phi) is 5.07. The minimum Gasteiger partial charge on any atom is -0.332 e. The van der Waals surface area contributed by atoms with Crippen LogP contribution in [0, 0.1) is 27.2 Å². The topological polar surface area (TPSA) is 146 Å². The van der Waals surface area contributed by atoms with E-state index < -0.39 is 15.8 Å². The minimum atomic E-state index is -0.623. The molecule has 28 heavy (non-hydrogen) atoms. The number of nitro groups is 2. The lowest BCUT2D eigenvalue weighted by Gasteiger charge is -2.06. The first kappa shape index (κ1) is 18.6. The fourth-order valence-corrected chi connectivity index (χ4v) is 2.49. The number of aromatic nitrogens is 3. The fourth-order valence-electron chi connectivity index (χ4n) is 2.49. The molecule has 3 rings (SSSR count). The first-order valence-electron chi connectivity index (χ1n) is 8.04. The summed E-state index contributed by atoms with van der Waals surface area (Å²) in [5.74, 6) is 0.225. The zero-order chi connectivity index (χ0) is 20.3. The molecule has 3 aromatic rings. The Labute approximate surface area is 157 Å². The van der Waals surface area contributed by atoms with Crippen LogP contribution in [-0.4, -0.2) is 30.5 Å². The highest BCUT2D eigenvalue weighted by molar-refractivity contribution is 5.97. The monoisotopic (exact) mass is 382 g/mol. The number of nitrogens with zero attached hydrogens (tertiary/aromatic N) is 5. The number of carbonyl (C=O) groups is 1. The SMILES string of the molecule is Cc1nc(-c2ccc([N+](=O)[O-])cc2)nn1CNC(=O)c1ccccc1[N+](=O)[O-]. The van der Waals surface area contributed by atoms with Gasteiger partial charge >= 0.3 is 0 Å².